The van der Waals surface area contributed by atoms with E-state index in [0.717, 1.165) is 17.7 Å². The zero-order valence-electron chi connectivity index (χ0n) is 24.4. The maximum absolute atomic E-state index is 13.1. The van der Waals surface area contributed by atoms with Crippen molar-refractivity contribution in [2.75, 3.05) is 5.32 Å². The molecule has 0 saturated heterocycles. The van der Waals surface area contributed by atoms with Gasteiger partial charge >= 0.3 is 0 Å². The van der Waals surface area contributed by atoms with Gasteiger partial charge < -0.3 is 15.1 Å². The SMILES string of the molecule is Cc1cc2c(cc1Cc1ccc(C(=O)Nc3ccccc3C(=O)NCc3ccccc3Cl)o1)C(C)(C)CCC2(C)C. The minimum Gasteiger partial charge on any atom is -0.456 e. The molecule has 0 unspecified atom stereocenters. The summed E-state index contributed by atoms with van der Waals surface area (Å²) in [5, 5.41) is 6.31. The van der Waals surface area contributed by atoms with Gasteiger partial charge in [-0.3, -0.25) is 9.59 Å². The molecule has 2 amide bonds. The third-order valence-electron chi connectivity index (χ3n) is 8.38. The Kier molecular flexibility index (Phi) is 7.85. The standard InChI is InChI=1S/C35H37ClN2O3/c1-22-18-27-28(35(4,5)17-16-34(27,2)3)20-24(22)19-25-14-15-31(41-25)33(40)38-30-13-9-7-11-26(30)32(39)37-21-23-10-6-8-12-29(23)36/h6-15,18,20H,16-17,19,21H2,1-5H3,(H,37,39)(H,38,40). The van der Waals surface area contributed by atoms with Crippen LogP contribution >= 0.6 is 11.6 Å². The van der Waals surface area contributed by atoms with Gasteiger partial charge in [-0.05, 0) is 88.7 Å². The quantitative estimate of drug-likeness (QED) is 0.235. The van der Waals surface area contributed by atoms with E-state index in [4.69, 9.17) is 16.0 Å². The van der Waals surface area contributed by atoms with Gasteiger partial charge in [0.15, 0.2) is 5.76 Å². The lowest BCUT2D eigenvalue weighted by Crippen LogP contribution is -2.34. The maximum Gasteiger partial charge on any atom is 0.291 e. The summed E-state index contributed by atoms with van der Waals surface area (Å²) in [7, 11) is 0. The van der Waals surface area contributed by atoms with Gasteiger partial charge in [0, 0.05) is 18.0 Å². The molecule has 212 valence electrons. The summed E-state index contributed by atoms with van der Waals surface area (Å²) in [6, 6.07) is 22.5. The summed E-state index contributed by atoms with van der Waals surface area (Å²) < 4.78 is 6.01. The van der Waals surface area contributed by atoms with Crippen molar-refractivity contribution < 1.29 is 14.0 Å². The predicted octanol–water partition coefficient (Wildman–Crippen LogP) is 8.36. The lowest BCUT2D eigenvalue weighted by atomic mass is 9.62. The number of halogens is 1. The topological polar surface area (TPSA) is 71.3 Å². The van der Waals surface area contributed by atoms with Crippen molar-refractivity contribution in [2.24, 2.45) is 0 Å². The number of para-hydroxylation sites is 1. The van der Waals surface area contributed by atoms with Crippen molar-refractivity contribution in [1.82, 2.24) is 5.32 Å². The molecule has 0 radical (unpaired) electrons. The van der Waals surface area contributed by atoms with Crippen LogP contribution in [0.15, 0.2) is 77.2 Å². The van der Waals surface area contributed by atoms with Crippen molar-refractivity contribution in [3.8, 4) is 0 Å². The highest BCUT2D eigenvalue weighted by Crippen LogP contribution is 2.46. The summed E-state index contributed by atoms with van der Waals surface area (Å²) in [6.45, 7) is 11.7. The molecule has 0 atom stereocenters. The molecule has 0 spiro atoms. The van der Waals surface area contributed by atoms with Crippen LogP contribution in [0.25, 0.3) is 0 Å². The fourth-order valence-electron chi connectivity index (χ4n) is 5.63. The van der Waals surface area contributed by atoms with Crippen LogP contribution in [0.4, 0.5) is 5.69 Å². The molecule has 4 aromatic rings. The molecular weight excluding hydrogens is 532 g/mol. The number of fused-ring (bicyclic) bond motifs is 1. The molecule has 0 saturated carbocycles. The van der Waals surface area contributed by atoms with Crippen molar-refractivity contribution >= 4 is 29.1 Å². The number of rotatable bonds is 7. The molecule has 1 aromatic heterocycles. The van der Waals surface area contributed by atoms with Crippen LogP contribution in [-0.4, -0.2) is 11.8 Å². The first-order chi connectivity index (χ1) is 19.4. The number of aryl methyl sites for hydroxylation is 1. The third-order valence-corrected chi connectivity index (χ3v) is 8.75. The molecule has 2 N–H and O–H groups in total. The van der Waals surface area contributed by atoms with Crippen LogP contribution in [0.1, 0.15) is 95.0 Å². The molecule has 3 aromatic carbocycles. The fourth-order valence-corrected chi connectivity index (χ4v) is 5.83. The Morgan fingerprint density at radius 1 is 0.829 bits per heavy atom. The number of hydrogen-bond acceptors (Lipinski definition) is 3. The van der Waals surface area contributed by atoms with Crippen LogP contribution < -0.4 is 10.6 Å². The zero-order chi connectivity index (χ0) is 29.4. The van der Waals surface area contributed by atoms with Crippen LogP contribution in [0.3, 0.4) is 0 Å². The van der Waals surface area contributed by atoms with E-state index in [2.05, 4.69) is 57.4 Å². The normalized spacial score (nSPS) is 15.2. The number of carbonyl (C=O) groups is 2. The van der Waals surface area contributed by atoms with Gasteiger partial charge in [0.1, 0.15) is 5.76 Å². The molecule has 0 bridgehead atoms. The van der Waals surface area contributed by atoms with Crippen LogP contribution in [-0.2, 0) is 23.8 Å². The van der Waals surface area contributed by atoms with Crippen molar-refractivity contribution in [2.45, 2.75) is 71.3 Å². The highest BCUT2D eigenvalue weighted by atomic mass is 35.5. The molecule has 5 rings (SSSR count). The van der Waals surface area contributed by atoms with E-state index in [9.17, 15) is 9.59 Å². The first kappa shape index (κ1) is 28.7. The van der Waals surface area contributed by atoms with Crippen molar-refractivity contribution in [1.29, 1.82) is 0 Å². The van der Waals surface area contributed by atoms with Gasteiger partial charge in [-0.15, -0.1) is 0 Å². The molecule has 6 heteroatoms. The van der Waals surface area contributed by atoms with Crippen LogP contribution in [0.2, 0.25) is 5.02 Å². The average molecular weight is 569 g/mol. The minimum atomic E-state index is -0.410. The van der Waals surface area contributed by atoms with Gasteiger partial charge in [-0.2, -0.15) is 0 Å². The molecule has 1 aliphatic carbocycles. The van der Waals surface area contributed by atoms with E-state index in [1.807, 2.05) is 24.3 Å². The van der Waals surface area contributed by atoms with Gasteiger partial charge in [0.25, 0.3) is 11.8 Å². The molecule has 1 aliphatic rings. The average Bonchev–Trinajstić information content (AvgIpc) is 3.41. The summed E-state index contributed by atoms with van der Waals surface area (Å²) in [6.07, 6.45) is 2.93. The Morgan fingerprint density at radius 3 is 2.22 bits per heavy atom. The number of benzene rings is 3. The first-order valence-electron chi connectivity index (χ1n) is 14.1. The maximum atomic E-state index is 13.1. The second-order valence-electron chi connectivity index (χ2n) is 12.3. The zero-order valence-corrected chi connectivity index (χ0v) is 25.1. The Hall–Kier alpha value is -3.83. The lowest BCUT2D eigenvalue weighted by molar-refractivity contribution is 0.0952. The number of anilines is 1. The summed E-state index contributed by atoms with van der Waals surface area (Å²) in [5.41, 5.74) is 7.13. The van der Waals surface area contributed by atoms with E-state index in [0.29, 0.717) is 22.7 Å². The Bertz CT molecular complexity index is 1620. The first-order valence-corrected chi connectivity index (χ1v) is 14.5. The summed E-state index contributed by atoms with van der Waals surface area (Å²) >= 11 is 6.22. The molecular formula is C35H37ClN2O3. The number of amides is 2. The second-order valence-corrected chi connectivity index (χ2v) is 12.7. The monoisotopic (exact) mass is 568 g/mol. The second kappa shape index (κ2) is 11.2. The van der Waals surface area contributed by atoms with Gasteiger partial charge in [0.05, 0.1) is 11.3 Å². The molecule has 1 heterocycles. The van der Waals surface area contributed by atoms with E-state index < -0.39 is 5.91 Å². The highest BCUT2D eigenvalue weighted by molar-refractivity contribution is 6.31. The molecule has 0 aliphatic heterocycles. The predicted molar refractivity (Wildman–Crippen MR) is 165 cm³/mol. The van der Waals surface area contributed by atoms with Gasteiger partial charge in [0.2, 0.25) is 0 Å². The number of furan rings is 1. The van der Waals surface area contributed by atoms with Crippen molar-refractivity contribution in [3.63, 3.8) is 0 Å². The molecule has 0 fully saturated rings. The van der Waals surface area contributed by atoms with Crippen LogP contribution in [0, 0.1) is 6.92 Å². The lowest BCUT2D eigenvalue weighted by Gasteiger charge is -2.42. The Morgan fingerprint density at radius 2 is 1.49 bits per heavy atom. The third kappa shape index (κ3) is 6.11. The van der Waals surface area contributed by atoms with E-state index in [1.54, 1.807) is 36.4 Å². The largest absolute Gasteiger partial charge is 0.456 e. The molecule has 41 heavy (non-hydrogen) atoms. The van der Waals surface area contributed by atoms with Gasteiger partial charge in [-0.1, -0.05) is 81.8 Å². The number of nitrogens with one attached hydrogen (secondary N) is 2. The molecule has 5 nitrogen and oxygen atoms in total. The van der Waals surface area contributed by atoms with E-state index in [1.165, 1.54) is 28.7 Å². The fraction of sp³-hybridized carbons (Fsp3) is 0.314. The Balaban J connectivity index is 1.30. The van der Waals surface area contributed by atoms with E-state index >= 15 is 0 Å². The Labute approximate surface area is 247 Å². The van der Waals surface area contributed by atoms with Crippen molar-refractivity contribution in [3.05, 3.63) is 123 Å². The van der Waals surface area contributed by atoms with Crippen LogP contribution in [0.5, 0.6) is 0 Å². The minimum absolute atomic E-state index is 0.120. The van der Waals surface area contributed by atoms with Gasteiger partial charge in [-0.25, -0.2) is 0 Å². The summed E-state index contributed by atoms with van der Waals surface area (Å²) in [4.78, 5) is 26.1. The highest BCUT2D eigenvalue weighted by Gasteiger charge is 2.37. The smallest absolute Gasteiger partial charge is 0.291 e. The van der Waals surface area contributed by atoms with E-state index in [-0.39, 0.29) is 29.0 Å². The number of hydrogen-bond donors (Lipinski definition) is 2. The number of carbonyl (C=O) groups excluding carboxylic acids is 2. The summed E-state index contributed by atoms with van der Waals surface area (Å²) in [5.74, 6) is 0.197.